The van der Waals surface area contributed by atoms with E-state index in [9.17, 15) is 10.0 Å². The van der Waals surface area contributed by atoms with Crippen LogP contribution in [0.4, 0.5) is 0 Å². The second-order valence-electron chi connectivity index (χ2n) is 4.46. The average Bonchev–Trinajstić information content (AvgIpc) is 2.31. The number of hydrogen-bond donors (Lipinski definition) is 2. The summed E-state index contributed by atoms with van der Waals surface area (Å²) < 4.78 is 0. The van der Waals surface area contributed by atoms with Gasteiger partial charge in [-0.3, -0.25) is 4.90 Å². The fourth-order valence-electron chi connectivity index (χ4n) is 2.24. The van der Waals surface area contributed by atoms with Gasteiger partial charge in [-0.1, -0.05) is 38.1 Å². The molecule has 0 aliphatic heterocycles. The standard InChI is InChI=1S/C13H22BNO2/c1-4-12(5-2)15(3)10-11-8-6-7-9-13(11)14(16)17/h6-9,12,16-17H,4-5,10H2,1-3H3. The molecule has 17 heavy (non-hydrogen) atoms. The van der Waals surface area contributed by atoms with Gasteiger partial charge < -0.3 is 10.0 Å². The van der Waals surface area contributed by atoms with Crippen molar-refractivity contribution in [2.45, 2.75) is 39.3 Å². The summed E-state index contributed by atoms with van der Waals surface area (Å²) in [5, 5.41) is 18.6. The SMILES string of the molecule is CCC(CC)N(C)Cc1ccccc1B(O)O. The summed E-state index contributed by atoms with van der Waals surface area (Å²) in [6, 6.07) is 8.02. The molecule has 0 unspecified atom stereocenters. The van der Waals surface area contributed by atoms with Crippen molar-refractivity contribution in [2.75, 3.05) is 7.05 Å². The molecule has 0 heterocycles. The van der Waals surface area contributed by atoms with Crippen LogP contribution in [-0.4, -0.2) is 35.2 Å². The van der Waals surface area contributed by atoms with Crippen LogP contribution in [0.2, 0.25) is 0 Å². The molecule has 0 saturated heterocycles. The van der Waals surface area contributed by atoms with Crippen LogP contribution in [0.15, 0.2) is 24.3 Å². The monoisotopic (exact) mass is 235 g/mol. The average molecular weight is 235 g/mol. The van der Waals surface area contributed by atoms with Crippen molar-refractivity contribution in [2.24, 2.45) is 0 Å². The number of nitrogens with zero attached hydrogens (tertiary/aromatic N) is 1. The third-order valence-electron chi connectivity index (χ3n) is 3.32. The Bertz CT molecular complexity index is 340. The Morgan fingerprint density at radius 3 is 2.29 bits per heavy atom. The Kier molecular flexibility index (Phi) is 5.68. The van der Waals surface area contributed by atoms with Gasteiger partial charge in [0.15, 0.2) is 0 Å². The minimum atomic E-state index is -1.39. The van der Waals surface area contributed by atoms with Gasteiger partial charge in [-0.05, 0) is 30.9 Å². The van der Waals surface area contributed by atoms with Crippen molar-refractivity contribution in [3.05, 3.63) is 29.8 Å². The third kappa shape index (κ3) is 3.84. The molecule has 0 amide bonds. The molecule has 3 nitrogen and oxygen atoms in total. The van der Waals surface area contributed by atoms with Gasteiger partial charge in [0.25, 0.3) is 0 Å². The fourth-order valence-corrected chi connectivity index (χ4v) is 2.24. The summed E-state index contributed by atoms with van der Waals surface area (Å²) in [6.45, 7) is 5.11. The molecule has 0 bridgehead atoms. The van der Waals surface area contributed by atoms with Crippen LogP contribution in [-0.2, 0) is 6.54 Å². The molecular weight excluding hydrogens is 213 g/mol. The smallest absolute Gasteiger partial charge is 0.423 e. The molecular formula is C13H22BNO2. The highest BCUT2D eigenvalue weighted by molar-refractivity contribution is 6.59. The molecule has 0 radical (unpaired) electrons. The normalized spacial score (nSPS) is 11.2. The summed E-state index contributed by atoms with van der Waals surface area (Å²) in [5.74, 6) is 0. The first-order chi connectivity index (χ1) is 8.10. The van der Waals surface area contributed by atoms with Crippen LogP contribution in [0.3, 0.4) is 0 Å². The lowest BCUT2D eigenvalue weighted by atomic mass is 9.77. The molecule has 0 atom stereocenters. The van der Waals surface area contributed by atoms with Crippen molar-refractivity contribution in [1.29, 1.82) is 0 Å². The molecule has 94 valence electrons. The summed E-state index contributed by atoms with van der Waals surface area (Å²) in [6.07, 6.45) is 2.22. The fraction of sp³-hybridized carbons (Fsp3) is 0.538. The molecule has 0 aromatic heterocycles. The van der Waals surface area contributed by atoms with Crippen molar-refractivity contribution >= 4 is 12.6 Å². The number of benzene rings is 1. The lowest BCUT2D eigenvalue weighted by Crippen LogP contribution is -2.37. The molecule has 0 spiro atoms. The van der Waals surface area contributed by atoms with Crippen LogP contribution in [0.5, 0.6) is 0 Å². The molecule has 1 rings (SSSR count). The van der Waals surface area contributed by atoms with Crippen molar-refractivity contribution in [1.82, 2.24) is 4.90 Å². The predicted octanol–water partition coefficient (Wildman–Crippen LogP) is 0.987. The van der Waals surface area contributed by atoms with E-state index in [1.54, 1.807) is 6.07 Å². The highest BCUT2D eigenvalue weighted by Gasteiger charge is 2.18. The van der Waals surface area contributed by atoms with Gasteiger partial charge >= 0.3 is 7.12 Å². The zero-order valence-electron chi connectivity index (χ0n) is 10.9. The second kappa shape index (κ2) is 6.79. The van der Waals surface area contributed by atoms with Crippen molar-refractivity contribution in [3.63, 3.8) is 0 Å². The molecule has 0 aliphatic carbocycles. The lowest BCUT2D eigenvalue weighted by Gasteiger charge is -2.27. The number of rotatable bonds is 6. The van der Waals surface area contributed by atoms with E-state index < -0.39 is 7.12 Å². The first kappa shape index (κ1) is 14.2. The molecule has 1 aromatic rings. The van der Waals surface area contributed by atoms with Gasteiger partial charge in [0.05, 0.1) is 0 Å². The minimum absolute atomic E-state index is 0.541. The van der Waals surface area contributed by atoms with Gasteiger partial charge in [0.1, 0.15) is 0 Å². The van der Waals surface area contributed by atoms with E-state index in [1.165, 1.54) is 0 Å². The third-order valence-corrected chi connectivity index (χ3v) is 3.32. The molecule has 4 heteroatoms. The van der Waals surface area contributed by atoms with Gasteiger partial charge in [0.2, 0.25) is 0 Å². The van der Waals surface area contributed by atoms with Crippen LogP contribution in [0.25, 0.3) is 0 Å². The summed E-state index contributed by atoms with van der Waals surface area (Å²) >= 11 is 0. The quantitative estimate of drug-likeness (QED) is 0.722. The molecule has 1 aromatic carbocycles. The van der Waals surface area contributed by atoms with Crippen LogP contribution >= 0.6 is 0 Å². The van der Waals surface area contributed by atoms with E-state index in [1.807, 2.05) is 18.2 Å². The highest BCUT2D eigenvalue weighted by Crippen LogP contribution is 2.10. The summed E-state index contributed by atoms with van der Waals surface area (Å²) in [7, 11) is 0.694. The summed E-state index contributed by atoms with van der Waals surface area (Å²) in [4.78, 5) is 2.27. The first-order valence-electron chi connectivity index (χ1n) is 6.24. The number of hydrogen-bond acceptors (Lipinski definition) is 3. The maximum atomic E-state index is 9.31. The maximum Gasteiger partial charge on any atom is 0.488 e. The van der Waals surface area contributed by atoms with E-state index >= 15 is 0 Å². The first-order valence-corrected chi connectivity index (χ1v) is 6.24. The Morgan fingerprint density at radius 1 is 1.18 bits per heavy atom. The Balaban J connectivity index is 2.80. The van der Waals surface area contributed by atoms with Crippen LogP contribution in [0, 0.1) is 0 Å². The summed E-state index contributed by atoms with van der Waals surface area (Å²) in [5.41, 5.74) is 1.59. The Morgan fingerprint density at radius 2 is 1.76 bits per heavy atom. The van der Waals surface area contributed by atoms with Crippen LogP contribution < -0.4 is 5.46 Å². The van der Waals surface area contributed by atoms with Gasteiger partial charge in [0, 0.05) is 12.6 Å². The minimum Gasteiger partial charge on any atom is -0.423 e. The van der Waals surface area contributed by atoms with Crippen molar-refractivity contribution < 1.29 is 10.0 Å². The lowest BCUT2D eigenvalue weighted by molar-refractivity contribution is 0.222. The van der Waals surface area contributed by atoms with Gasteiger partial charge in [-0.2, -0.15) is 0 Å². The Hall–Kier alpha value is -0.835. The second-order valence-corrected chi connectivity index (χ2v) is 4.46. The van der Waals surface area contributed by atoms with E-state index in [0.717, 1.165) is 24.9 Å². The van der Waals surface area contributed by atoms with Crippen molar-refractivity contribution in [3.8, 4) is 0 Å². The molecule has 0 saturated carbocycles. The van der Waals surface area contributed by atoms with Crippen LogP contribution in [0.1, 0.15) is 32.3 Å². The van der Waals surface area contributed by atoms with Gasteiger partial charge in [-0.15, -0.1) is 0 Å². The zero-order valence-corrected chi connectivity index (χ0v) is 10.9. The van der Waals surface area contributed by atoms with E-state index in [0.29, 0.717) is 11.5 Å². The van der Waals surface area contributed by atoms with E-state index in [-0.39, 0.29) is 0 Å². The predicted molar refractivity (Wildman–Crippen MR) is 72.1 cm³/mol. The topological polar surface area (TPSA) is 43.7 Å². The Labute approximate surface area is 104 Å². The molecule has 2 N–H and O–H groups in total. The molecule has 0 fully saturated rings. The zero-order chi connectivity index (χ0) is 12.8. The maximum absolute atomic E-state index is 9.31. The largest absolute Gasteiger partial charge is 0.488 e. The highest BCUT2D eigenvalue weighted by atomic mass is 16.4. The van der Waals surface area contributed by atoms with E-state index in [2.05, 4.69) is 25.8 Å². The van der Waals surface area contributed by atoms with E-state index in [4.69, 9.17) is 0 Å². The molecule has 0 aliphatic rings. The van der Waals surface area contributed by atoms with Gasteiger partial charge in [-0.25, -0.2) is 0 Å².